The van der Waals surface area contributed by atoms with Crippen molar-refractivity contribution in [2.45, 2.75) is 18.9 Å². The number of rotatable bonds is 8. The van der Waals surface area contributed by atoms with Gasteiger partial charge in [0.05, 0.1) is 25.3 Å². The van der Waals surface area contributed by atoms with Crippen LogP contribution >= 0.6 is 0 Å². The van der Waals surface area contributed by atoms with Crippen molar-refractivity contribution < 1.29 is 14.7 Å². The molecule has 2 aromatic rings. The molecule has 0 saturated heterocycles. The number of carbonyl (C=O) groups is 2. The highest BCUT2D eigenvalue weighted by Crippen LogP contribution is 2.16. The van der Waals surface area contributed by atoms with E-state index >= 15 is 0 Å². The molecule has 1 atom stereocenters. The van der Waals surface area contributed by atoms with E-state index in [1.165, 1.54) is 6.08 Å². The lowest BCUT2D eigenvalue weighted by atomic mass is 10.1. The molecule has 1 aromatic carbocycles. The summed E-state index contributed by atoms with van der Waals surface area (Å²) < 4.78 is 1.67. The molecule has 0 aliphatic rings. The van der Waals surface area contributed by atoms with E-state index in [1.54, 1.807) is 35.1 Å². The second kappa shape index (κ2) is 8.79. The summed E-state index contributed by atoms with van der Waals surface area (Å²) in [5.74, 6) is -0.569. The van der Waals surface area contributed by atoms with Gasteiger partial charge in [-0.1, -0.05) is 24.8 Å². The van der Waals surface area contributed by atoms with Crippen molar-refractivity contribution in [1.29, 1.82) is 0 Å². The van der Waals surface area contributed by atoms with E-state index < -0.39 is 6.04 Å². The first kappa shape index (κ1) is 18.4. The molecule has 0 spiro atoms. The zero-order chi connectivity index (χ0) is 18.2. The molecule has 7 heteroatoms. The maximum atomic E-state index is 12.3. The Morgan fingerprint density at radius 1 is 1.40 bits per heavy atom. The molecule has 25 heavy (non-hydrogen) atoms. The Balaban J connectivity index is 1.99. The van der Waals surface area contributed by atoms with Gasteiger partial charge in [-0.3, -0.25) is 14.3 Å². The Hall–Kier alpha value is -2.93. The van der Waals surface area contributed by atoms with Crippen LogP contribution in [0.4, 0.5) is 5.69 Å². The van der Waals surface area contributed by atoms with Crippen molar-refractivity contribution in [3.63, 3.8) is 0 Å². The minimum atomic E-state index is -0.397. The summed E-state index contributed by atoms with van der Waals surface area (Å²) in [6.07, 6.45) is 5.30. The second-order valence-corrected chi connectivity index (χ2v) is 5.70. The van der Waals surface area contributed by atoms with Gasteiger partial charge in [-0.25, -0.2) is 0 Å². The summed E-state index contributed by atoms with van der Waals surface area (Å²) in [7, 11) is 1.81. The number of aliphatic hydroxyl groups is 1. The van der Waals surface area contributed by atoms with Gasteiger partial charge in [0.2, 0.25) is 11.8 Å². The van der Waals surface area contributed by atoms with Gasteiger partial charge in [0.1, 0.15) is 0 Å². The molecule has 0 saturated carbocycles. The normalized spacial score (nSPS) is 11.6. The summed E-state index contributed by atoms with van der Waals surface area (Å²) >= 11 is 0. The van der Waals surface area contributed by atoms with Gasteiger partial charge in [-0.05, 0) is 29.7 Å². The van der Waals surface area contributed by atoms with Crippen LogP contribution in [0.15, 0.2) is 49.3 Å². The lowest BCUT2D eigenvalue weighted by Gasteiger charge is -2.16. The third-order valence-corrected chi connectivity index (χ3v) is 3.64. The van der Waals surface area contributed by atoms with Gasteiger partial charge in [0.15, 0.2) is 0 Å². The van der Waals surface area contributed by atoms with Crippen molar-refractivity contribution in [2.24, 2.45) is 7.05 Å². The summed E-state index contributed by atoms with van der Waals surface area (Å²) in [6, 6.07) is 6.67. The van der Waals surface area contributed by atoms with Gasteiger partial charge >= 0.3 is 0 Å². The number of carbonyl (C=O) groups excluding carboxylic acids is 2. The first-order chi connectivity index (χ1) is 12.0. The number of nitrogens with one attached hydrogen (secondary N) is 2. The molecule has 1 aromatic heterocycles. The number of benzene rings is 1. The average molecular weight is 342 g/mol. The Morgan fingerprint density at radius 3 is 2.80 bits per heavy atom. The number of hydrogen-bond donors (Lipinski definition) is 3. The molecule has 1 heterocycles. The molecule has 7 nitrogen and oxygen atoms in total. The molecule has 0 aliphatic carbocycles. The molecule has 2 amide bonds. The van der Waals surface area contributed by atoms with Gasteiger partial charge in [0.25, 0.3) is 0 Å². The molecule has 2 rings (SSSR count). The van der Waals surface area contributed by atoms with Crippen LogP contribution < -0.4 is 10.6 Å². The lowest BCUT2D eigenvalue weighted by Crippen LogP contribution is -2.40. The molecule has 0 fully saturated rings. The number of hydrogen-bond acceptors (Lipinski definition) is 4. The standard InChI is InChI=1S/C18H22N4O3/c1-3-17(24)21-16-7-5-4-6-14(16)9-18(25)20-15(12-23)8-13-10-19-22(2)11-13/h3-7,10-11,15,23H,1,8-9,12H2,2H3,(H,20,25)(H,21,24). The molecule has 0 bridgehead atoms. The molecule has 0 aliphatic heterocycles. The van der Waals surface area contributed by atoms with Gasteiger partial charge in [-0.15, -0.1) is 0 Å². The number of nitrogens with zero attached hydrogens (tertiary/aromatic N) is 2. The maximum absolute atomic E-state index is 12.3. The number of aryl methyl sites for hydroxylation is 1. The zero-order valence-corrected chi connectivity index (χ0v) is 14.1. The van der Waals surface area contributed by atoms with E-state index in [1.807, 2.05) is 13.2 Å². The van der Waals surface area contributed by atoms with E-state index in [2.05, 4.69) is 22.3 Å². The molecule has 3 N–H and O–H groups in total. The largest absolute Gasteiger partial charge is 0.394 e. The van der Waals surface area contributed by atoms with E-state index in [9.17, 15) is 14.7 Å². The number of aliphatic hydroxyl groups excluding tert-OH is 1. The fourth-order valence-corrected chi connectivity index (χ4v) is 2.45. The van der Waals surface area contributed by atoms with Crippen LogP contribution in [0.1, 0.15) is 11.1 Å². The predicted molar refractivity (Wildman–Crippen MR) is 94.9 cm³/mol. The first-order valence-corrected chi connectivity index (χ1v) is 7.91. The predicted octanol–water partition coefficient (Wildman–Crippen LogP) is 0.807. The van der Waals surface area contributed by atoms with E-state index in [0.717, 1.165) is 5.56 Å². The van der Waals surface area contributed by atoms with Crippen molar-refractivity contribution in [1.82, 2.24) is 15.1 Å². The van der Waals surface area contributed by atoms with Crippen molar-refractivity contribution in [3.8, 4) is 0 Å². The average Bonchev–Trinajstić information content (AvgIpc) is 3.00. The molecule has 1 unspecified atom stereocenters. The number of aromatic nitrogens is 2. The summed E-state index contributed by atoms with van der Waals surface area (Å²) in [5, 5.41) is 19.1. The smallest absolute Gasteiger partial charge is 0.247 e. The SMILES string of the molecule is C=CC(=O)Nc1ccccc1CC(=O)NC(CO)Cc1cnn(C)c1. The van der Waals surface area contributed by atoms with Crippen LogP contribution in [0.25, 0.3) is 0 Å². The Morgan fingerprint density at radius 2 is 2.16 bits per heavy atom. The van der Waals surface area contributed by atoms with Crippen LogP contribution in [0.3, 0.4) is 0 Å². The van der Waals surface area contributed by atoms with Gasteiger partial charge < -0.3 is 15.7 Å². The number of amides is 2. The fourth-order valence-electron chi connectivity index (χ4n) is 2.45. The van der Waals surface area contributed by atoms with Crippen molar-refractivity contribution >= 4 is 17.5 Å². The Labute approximate surface area is 146 Å². The highest BCUT2D eigenvalue weighted by molar-refractivity contribution is 5.99. The minimum absolute atomic E-state index is 0.0944. The molecular formula is C18H22N4O3. The van der Waals surface area contributed by atoms with E-state index in [0.29, 0.717) is 17.7 Å². The van der Waals surface area contributed by atoms with Gasteiger partial charge in [0, 0.05) is 18.9 Å². The van der Waals surface area contributed by atoms with Crippen LogP contribution in [-0.2, 0) is 29.5 Å². The third kappa shape index (κ3) is 5.58. The topological polar surface area (TPSA) is 96.2 Å². The second-order valence-electron chi connectivity index (χ2n) is 5.70. The molecular weight excluding hydrogens is 320 g/mol. The summed E-state index contributed by atoms with van der Waals surface area (Å²) in [5.41, 5.74) is 2.18. The van der Waals surface area contributed by atoms with Crippen LogP contribution in [0.5, 0.6) is 0 Å². The van der Waals surface area contributed by atoms with Crippen LogP contribution in [-0.4, -0.2) is 39.4 Å². The van der Waals surface area contributed by atoms with Crippen LogP contribution in [0.2, 0.25) is 0 Å². The third-order valence-electron chi connectivity index (χ3n) is 3.64. The fraction of sp³-hybridized carbons (Fsp3) is 0.278. The summed E-state index contributed by atoms with van der Waals surface area (Å²) in [4.78, 5) is 23.8. The summed E-state index contributed by atoms with van der Waals surface area (Å²) in [6.45, 7) is 3.24. The Kier molecular flexibility index (Phi) is 6.47. The first-order valence-electron chi connectivity index (χ1n) is 7.91. The molecule has 0 radical (unpaired) electrons. The van der Waals surface area contributed by atoms with Crippen molar-refractivity contribution in [3.05, 3.63) is 60.4 Å². The minimum Gasteiger partial charge on any atom is -0.394 e. The zero-order valence-electron chi connectivity index (χ0n) is 14.1. The van der Waals surface area contributed by atoms with E-state index in [4.69, 9.17) is 0 Å². The number of para-hydroxylation sites is 1. The number of anilines is 1. The molecule has 132 valence electrons. The maximum Gasteiger partial charge on any atom is 0.247 e. The quantitative estimate of drug-likeness (QED) is 0.619. The van der Waals surface area contributed by atoms with Gasteiger partial charge in [-0.2, -0.15) is 5.10 Å². The highest BCUT2D eigenvalue weighted by Gasteiger charge is 2.15. The Bertz CT molecular complexity index is 754. The highest BCUT2D eigenvalue weighted by atomic mass is 16.3. The lowest BCUT2D eigenvalue weighted by molar-refractivity contribution is -0.121. The van der Waals surface area contributed by atoms with Crippen LogP contribution in [0, 0.1) is 0 Å². The monoisotopic (exact) mass is 342 g/mol. The van der Waals surface area contributed by atoms with E-state index in [-0.39, 0.29) is 24.8 Å². The van der Waals surface area contributed by atoms with Crippen molar-refractivity contribution in [2.75, 3.05) is 11.9 Å².